The average Bonchev–Trinajstić information content (AvgIpc) is 2.73. The van der Waals surface area contributed by atoms with Crippen molar-refractivity contribution >= 4 is 23.3 Å². The summed E-state index contributed by atoms with van der Waals surface area (Å²) in [6, 6.07) is 3.73. The first kappa shape index (κ1) is 25.5. The minimum Gasteiger partial charge on any atom is -0.490 e. The Hall–Kier alpha value is -2.75. The van der Waals surface area contributed by atoms with Crippen LogP contribution in [-0.4, -0.2) is 45.8 Å². The van der Waals surface area contributed by atoms with E-state index >= 15 is 0 Å². The van der Waals surface area contributed by atoms with Gasteiger partial charge in [0.15, 0.2) is 11.6 Å². The maximum Gasteiger partial charge on any atom is 0.340 e. The average molecular weight is 469 g/mol. The molecule has 0 bridgehead atoms. The molecule has 0 saturated carbocycles. The van der Waals surface area contributed by atoms with Crippen LogP contribution in [0.3, 0.4) is 0 Å². The summed E-state index contributed by atoms with van der Waals surface area (Å²) in [5, 5.41) is 27.5. The maximum atomic E-state index is 14.5. The summed E-state index contributed by atoms with van der Waals surface area (Å²) in [6.07, 6.45) is 0.511. The van der Waals surface area contributed by atoms with Gasteiger partial charge in [-0.25, -0.2) is 19.5 Å². The molecule has 1 amide bonds. The lowest BCUT2D eigenvalue weighted by Crippen LogP contribution is -2.51. The lowest BCUT2D eigenvalue weighted by molar-refractivity contribution is -0.116. The number of hydrogen-bond acceptors (Lipinski definition) is 6. The molecular weight excluding hydrogens is 441 g/mol. The quantitative estimate of drug-likeness (QED) is 0.326. The van der Waals surface area contributed by atoms with Crippen molar-refractivity contribution in [3.8, 4) is 11.6 Å². The molecule has 1 aromatic heterocycles. The zero-order valence-corrected chi connectivity index (χ0v) is 19.1. The highest BCUT2D eigenvalue weighted by molar-refractivity contribution is 6.34. The van der Waals surface area contributed by atoms with Crippen LogP contribution in [0.5, 0.6) is 11.6 Å². The molecule has 0 aliphatic heterocycles. The highest BCUT2D eigenvalue weighted by Crippen LogP contribution is 2.27. The molecule has 2 aromatic rings. The minimum atomic E-state index is -0.723. The molecule has 0 unspecified atom stereocenters. The standard InChI is InChI=1S/C22H27ClFN3O5/c1-11(2)32-22-15(9-28)5-14(8-26-22)21(30)27-20(25)16-6-18(24)19(7-17(16)23)31-10-12(3)13(4)29/h5-8,11-13,28-29H,9-10H2,1-4H3,(H2,25,27,30)/p+1/t12-,13+/m0/s1. The van der Waals surface area contributed by atoms with E-state index in [-0.39, 0.29) is 58.9 Å². The number of halogens is 2. The van der Waals surface area contributed by atoms with Crippen LogP contribution in [0, 0.1) is 11.7 Å². The van der Waals surface area contributed by atoms with Gasteiger partial charge in [-0.3, -0.25) is 5.41 Å². The third-order valence-electron chi connectivity index (χ3n) is 4.59. The molecule has 0 spiro atoms. The first-order valence-corrected chi connectivity index (χ1v) is 10.4. The maximum absolute atomic E-state index is 14.5. The molecule has 32 heavy (non-hydrogen) atoms. The first-order valence-electron chi connectivity index (χ1n) is 10.0. The number of ether oxygens (including phenoxy) is 2. The van der Waals surface area contributed by atoms with E-state index in [9.17, 15) is 19.4 Å². The number of aliphatic hydroxyl groups is 2. The summed E-state index contributed by atoms with van der Waals surface area (Å²) in [5.41, 5.74) is 0.530. The number of hydrogen-bond donors (Lipinski definition) is 4. The molecule has 5 N–H and O–H groups in total. The second-order valence-electron chi connectivity index (χ2n) is 7.67. The Morgan fingerprint density at radius 2 is 1.97 bits per heavy atom. The van der Waals surface area contributed by atoms with Crippen molar-refractivity contribution in [2.24, 2.45) is 5.92 Å². The Morgan fingerprint density at radius 1 is 1.28 bits per heavy atom. The van der Waals surface area contributed by atoms with Crippen LogP contribution in [0.1, 0.15) is 49.2 Å². The minimum absolute atomic E-state index is 0.0683. The number of aliphatic hydroxyl groups excluding tert-OH is 2. The van der Waals surface area contributed by atoms with Crippen molar-refractivity contribution in [1.29, 1.82) is 0 Å². The van der Waals surface area contributed by atoms with Crippen molar-refractivity contribution in [2.45, 2.75) is 46.5 Å². The van der Waals surface area contributed by atoms with Crippen LogP contribution in [0.4, 0.5) is 4.39 Å². The molecule has 0 saturated heterocycles. The van der Waals surface area contributed by atoms with Crippen LogP contribution in [0.25, 0.3) is 0 Å². The normalized spacial score (nSPS) is 12.9. The summed E-state index contributed by atoms with van der Waals surface area (Å²) in [5.74, 6) is -1.60. The molecule has 0 aliphatic rings. The third-order valence-corrected chi connectivity index (χ3v) is 4.90. The lowest BCUT2D eigenvalue weighted by Gasteiger charge is -2.16. The van der Waals surface area contributed by atoms with Gasteiger partial charge in [0.05, 0.1) is 41.6 Å². The smallest absolute Gasteiger partial charge is 0.340 e. The van der Waals surface area contributed by atoms with Gasteiger partial charge in [0, 0.05) is 23.7 Å². The van der Waals surface area contributed by atoms with Gasteiger partial charge < -0.3 is 19.7 Å². The van der Waals surface area contributed by atoms with E-state index in [1.807, 2.05) is 13.8 Å². The summed E-state index contributed by atoms with van der Waals surface area (Å²) < 4.78 is 25.4. The van der Waals surface area contributed by atoms with E-state index in [2.05, 4.69) is 10.3 Å². The van der Waals surface area contributed by atoms with Crippen molar-refractivity contribution < 1.29 is 34.3 Å². The van der Waals surface area contributed by atoms with E-state index in [0.29, 0.717) is 5.56 Å². The van der Waals surface area contributed by atoms with Gasteiger partial charge in [-0.2, -0.15) is 0 Å². The van der Waals surface area contributed by atoms with Crippen molar-refractivity contribution in [2.75, 3.05) is 6.61 Å². The van der Waals surface area contributed by atoms with Gasteiger partial charge in [0.2, 0.25) is 5.88 Å². The molecular formula is C22H28ClFN3O5+. The second kappa shape index (κ2) is 11.2. The van der Waals surface area contributed by atoms with Crippen LogP contribution in [0.15, 0.2) is 24.4 Å². The van der Waals surface area contributed by atoms with Crippen molar-refractivity contribution in [3.63, 3.8) is 0 Å². The molecule has 10 heteroatoms. The van der Waals surface area contributed by atoms with Gasteiger partial charge >= 0.3 is 5.91 Å². The number of amidine groups is 1. The molecule has 2 atom stereocenters. The summed E-state index contributed by atoms with van der Waals surface area (Å²) in [6.45, 7) is 6.72. The first-order chi connectivity index (χ1) is 15.0. The molecule has 2 rings (SSSR count). The van der Waals surface area contributed by atoms with Gasteiger partial charge in [-0.05, 0) is 32.9 Å². The number of carbonyl (C=O) groups is 1. The zero-order chi connectivity index (χ0) is 24.0. The number of amides is 1. The van der Waals surface area contributed by atoms with Crippen LogP contribution >= 0.6 is 11.6 Å². The van der Waals surface area contributed by atoms with Gasteiger partial charge in [0.25, 0.3) is 5.84 Å². The molecule has 8 nitrogen and oxygen atoms in total. The molecule has 1 aromatic carbocycles. The van der Waals surface area contributed by atoms with E-state index in [1.54, 1.807) is 13.8 Å². The highest BCUT2D eigenvalue weighted by Gasteiger charge is 2.23. The fraction of sp³-hybridized carbons (Fsp3) is 0.409. The second-order valence-corrected chi connectivity index (χ2v) is 8.08. The van der Waals surface area contributed by atoms with E-state index in [1.165, 1.54) is 18.3 Å². The number of aromatic nitrogens is 1. The topological polar surface area (TPSA) is 127 Å². The number of nitrogens with two attached hydrogens (primary N) is 1. The largest absolute Gasteiger partial charge is 0.490 e. The lowest BCUT2D eigenvalue weighted by atomic mass is 10.1. The Labute approximate surface area is 190 Å². The van der Waals surface area contributed by atoms with Gasteiger partial charge in [-0.1, -0.05) is 18.5 Å². The zero-order valence-electron chi connectivity index (χ0n) is 18.4. The molecule has 0 radical (unpaired) electrons. The summed E-state index contributed by atoms with van der Waals surface area (Å²) in [7, 11) is 0. The SMILES string of the molecule is CC(C)Oc1ncc(C(=O)NC(=[NH2+])c2cc(F)c(OC[C@H](C)[C@@H](C)O)cc2Cl)cc1CO. The third kappa shape index (κ3) is 6.62. The number of nitrogens with one attached hydrogen (secondary N) is 1. The number of rotatable bonds is 9. The molecule has 174 valence electrons. The monoisotopic (exact) mass is 468 g/mol. The molecule has 0 aliphatic carbocycles. The van der Waals surface area contributed by atoms with Crippen molar-refractivity contribution in [3.05, 3.63) is 51.9 Å². The molecule has 0 fully saturated rings. The number of pyridine rings is 1. The van der Waals surface area contributed by atoms with Crippen LogP contribution in [0.2, 0.25) is 5.02 Å². The summed E-state index contributed by atoms with van der Waals surface area (Å²) >= 11 is 6.21. The summed E-state index contributed by atoms with van der Waals surface area (Å²) in [4.78, 5) is 16.6. The van der Waals surface area contributed by atoms with Crippen LogP contribution in [-0.2, 0) is 6.61 Å². The Kier molecular flexibility index (Phi) is 8.94. The highest BCUT2D eigenvalue weighted by atomic mass is 35.5. The van der Waals surface area contributed by atoms with E-state index < -0.39 is 17.8 Å². The van der Waals surface area contributed by atoms with E-state index in [4.69, 9.17) is 26.5 Å². The Balaban J connectivity index is 2.15. The van der Waals surface area contributed by atoms with Gasteiger partial charge in [0.1, 0.15) is 0 Å². The Morgan fingerprint density at radius 3 is 2.56 bits per heavy atom. The number of nitrogens with zero attached hydrogens (tertiary/aromatic N) is 1. The van der Waals surface area contributed by atoms with Gasteiger partial charge in [-0.15, -0.1) is 0 Å². The van der Waals surface area contributed by atoms with E-state index in [0.717, 1.165) is 6.07 Å². The number of benzene rings is 1. The fourth-order valence-electron chi connectivity index (χ4n) is 2.53. The fourth-order valence-corrected chi connectivity index (χ4v) is 2.79. The molecule has 1 heterocycles. The predicted octanol–water partition coefficient (Wildman–Crippen LogP) is 1.49. The van der Waals surface area contributed by atoms with Crippen molar-refractivity contribution in [1.82, 2.24) is 10.3 Å². The number of carbonyl (C=O) groups excluding carboxylic acids is 1. The van der Waals surface area contributed by atoms with Crippen LogP contribution < -0.4 is 20.2 Å². The Bertz CT molecular complexity index is 984. The predicted molar refractivity (Wildman–Crippen MR) is 117 cm³/mol.